The molecule has 2 amide bonds. The van der Waals surface area contributed by atoms with Crippen LogP contribution in [0.25, 0.3) is 0 Å². The first-order valence-electron chi connectivity index (χ1n) is 6.51. The van der Waals surface area contributed by atoms with Crippen LogP contribution in [0.3, 0.4) is 0 Å². The van der Waals surface area contributed by atoms with Gasteiger partial charge < -0.3 is 10.6 Å². The van der Waals surface area contributed by atoms with Crippen molar-refractivity contribution in [2.45, 2.75) is 31.9 Å². The topological polar surface area (TPSA) is 58.2 Å². The molecule has 4 nitrogen and oxygen atoms in total. The lowest BCUT2D eigenvalue weighted by Gasteiger charge is -2.17. The third-order valence-electron chi connectivity index (χ3n) is 2.65. The molecule has 0 unspecified atom stereocenters. The molecular formula is C14H20F2N2O2S. The maximum Gasteiger partial charge on any atom is 0.319 e. The summed E-state index contributed by atoms with van der Waals surface area (Å²) >= 11 is 0. The molecule has 0 saturated heterocycles. The predicted octanol–water partition coefficient (Wildman–Crippen LogP) is 3.29. The van der Waals surface area contributed by atoms with E-state index in [4.69, 9.17) is 0 Å². The van der Waals surface area contributed by atoms with Crippen molar-refractivity contribution in [1.82, 2.24) is 5.32 Å². The van der Waals surface area contributed by atoms with Crippen molar-refractivity contribution in [2.75, 3.05) is 17.6 Å². The largest absolute Gasteiger partial charge is 0.337 e. The molecule has 0 aromatic heterocycles. The Labute approximate surface area is 125 Å². The Balaban J connectivity index is 2.44. The van der Waals surface area contributed by atoms with Gasteiger partial charge in [-0.15, -0.1) is 0 Å². The Kier molecular flexibility index (Phi) is 6.26. The molecule has 0 heterocycles. The molecule has 1 aromatic carbocycles. The van der Waals surface area contributed by atoms with E-state index in [1.807, 2.05) is 20.8 Å². The number of benzene rings is 1. The minimum atomic E-state index is -2.58. The molecule has 7 heteroatoms. The number of hydrogen-bond acceptors (Lipinski definition) is 2. The molecule has 0 saturated carbocycles. The number of hydrogen-bond donors (Lipinski definition) is 2. The highest BCUT2D eigenvalue weighted by atomic mass is 32.2. The summed E-state index contributed by atoms with van der Waals surface area (Å²) < 4.78 is 36.5. The van der Waals surface area contributed by atoms with Gasteiger partial charge in [-0.1, -0.05) is 12.1 Å². The van der Waals surface area contributed by atoms with Crippen LogP contribution in [0.15, 0.2) is 24.3 Å². The van der Waals surface area contributed by atoms with Crippen molar-refractivity contribution < 1.29 is 17.8 Å². The number of alkyl halides is 2. The molecule has 0 aliphatic carbocycles. The Morgan fingerprint density at radius 2 is 2.00 bits per heavy atom. The average Bonchev–Trinajstić information content (AvgIpc) is 2.37. The lowest BCUT2D eigenvalue weighted by Crippen LogP contribution is -2.35. The molecule has 0 radical (unpaired) electrons. The number of carbonyl (C=O) groups is 1. The van der Waals surface area contributed by atoms with Crippen LogP contribution in [0, 0.1) is 0 Å². The van der Waals surface area contributed by atoms with Crippen molar-refractivity contribution in [3.05, 3.63) is 29.8 Å². The van der Waals surface area contributed by atoms with E-state index in [0.717, 1.165) is 0 Å². The number of carbonyl (C=O) groups excluding carboxylic acids is 1. The van der Waals surface area contributed by atoms with Crippen LogP contribution in [-0.4, -0.2) is 27.3 Å². The second kappa shape index (κ2) is 7.49. The fourth-order valence-electron chi connectivity index (χ4n) is 1.49. The molecule has 1 aromatic rings. The maximum absolute atomic E-state index is 12.5. The fourth-order valence-corrected chi connectivity index (χ4v) is 2.39. The molecule has 1 atom stereocenters. The highest BCUT2D eigenvalue weighted by Crippen LogP contribution is 2.21. The number of nitrogens with one attached hydrogen (secondary N) is 2. The maximum atomic E-state index is 12.5. The van der Waals surface area contributed by atoms with Crippen molar-refractivity contribution >= 4 is 22.5 Å². The van der Waals surface area contributed by atoms with E-state index in [-0.39, 0.29) is 16.9 Å². The molecule has 0 aliphatic rings. The Bertz CT molecular complexity index is 516. The number of halogens is 2. The summed E-state index contributed by atoms with van der Waals surface area (Å²) in [6.07, 6.45) is -2.58. The third kappa shape index (κ3) is 6.20. The van der Waals surface area contributed by atoms with E-state index in [2.05, 4.69) is 10.6 Å². The molecule has 118 valence electrons. The van der Waals surface area contributed by atoms with Gasteiger partial charge in [0.25, 0.3) is 6.43 Å². The zero-order chi connectivity index (χ0) is 16.0. The van der Waals surface area contributed by atoms with Crippen molar-refractivity contribution in [3.63, 3.8) is 0 Å². The van der Waals surface area contributed by atoms with Crippen LogP contribution < -0.4 is 10.6 Å². The van der Waals surface area contributed by atoms with E-state index < -0.39 is 23.3 Å². The first kappa shape index (κ1) is 17.6. The summed E-state index contributed by atoms with van der Waals surface area (Å²) in [6, 6.07) is 4.98. The fraction of sp³-hybridized carbons (Fsp3) is 0.500. The summed E-state index contributed by atoms with van der Waals surface area (Å²) in [5.41, 5.74) is 0.142. The minimum Gasteiger partial charge on any atom is -0.337 e. The second-order valence-corrected chi connectivity index (χ2v) is 7.79. The van der Waals surface area contributed by atoms with Crippen molar-refractivity contribution in [2.24, 2.45) is 0 Å². The minimum absolute atomic E-state index is 0.151. The van der Waals surface area contributed by atoms with Gasteiger partial charge in [0.2, 0.25) is 0 Å². The monoisotopic (exact) mass is 318 g/mol. The van der Waals surface area contributed by atoms with Gasteiger partial charge in [0.15, 0.2) is 0 Å². The van der Waals surface area contributed by atoms with Crippen LogP contribution in [-0.2, 0) is 10.8 Å². The lowest BCUT2D eigenvalue weighted by molar-refractivity contribution is 0.151. The molecule has 2 N–H and O–H groups in total. The second-order valence-electron chi connectivity index (χ2n) is 5.47. The average molecular weight is 318 g/mol. The van der Waals surface area contributed by atoms with Gasteiger partial charge >= 0.3 is 6.03 Å². The number of rotatable bonds is 5. The normalized spacial score (nSPS) is 13.0. The number of anilines is 1. The standard InChI is InChI=1S/C14H20F2N2O2S/c1-14(2,3)21(20)8-7-17-13(19)18-11-6-4-5-10(9-11)12(15)16/h4-6,9,12H,7-8H2,1-3H3,(H2,17,18,19)/t21-/m1/s1. The molecule has 21 heavy (non-hydrogen) atoms. The summed E-state index contributed by atoms with van der Waals surface area (Å²) in [6.45, 7) is 5.83. The van der Waals surface area contributed by atoms with E-state index in [9.17, 15) is 17.8 Å². The Morgan fingerprint density at radius 3 is 2.57 bits per heavy atom. The van der Waals surface area contributed by atoms with E-state index in [1.165, 1.54) is 24.3 Å². The number of urea groups is 1. The predicted molar refractivity (Wildman–Crippen MR) is 81.2 cm³/mol. The zero-order valence-corrected chi connectivity index (χ0v) is 13.1. The van der Waals surface area contributed by atoms with Gasteiger partial charge in [-0.05, 0) is 32.9 Å². The van der Waals surface area contributed by atoms with Crippen molar-refractivity contribution in [1.29, 1.82) is 0 Å². The summed E-state index contributed by atoms with van der Waals surface area (Å²) in [7, 11) is -1.05. The van der Waals surface area contributed by atoms with Gasteiger partial charge in [-0.25, -0.2) is 13.6 Å². The molecule has 0 bridgehead atoms. The highest BCUT2D eigenvalue weighted by Gasteiger charge is 2.18. The molecule has 0 spiro atoms. The van der Waals surface area contributed by atoms with Crippen LogP contribution in [0.1, 0.15) is 32.8 Å². The zero-order valence-electron chi connectivity index (χ0n) is 12.3. The molecular weight excluding hydrogens is 298 g/mol. The van der Waals surface area contributed by atoms with Crippen LogP contribution in [0.4, 0.5) is 19.3 Å². The molecule has 1 rings (SSSR count). The quantitative estimate of drug-likeness (QED) is 0.875. The Hall–Kier alpha value is -1.50. The number of amides is 2. The Morgan fingerprint density at radius 1 is 1.33 bits per heavy atom. The first-order valence-corrected chi connectivity index (χ1v) is 7.83. The van der Waals surface area contributed by atoms with Gasteiger partial charge in [-0.3, -0.25) is 4.21 Å². The summed E-state index contributed by atoms with van der Waals surface area (Å²) in [4.78, 5) is 11.6. The molecule has 0 fully saturated rings. The smallest absolute Gasteiger partial charge is 0.319 e. The van der Waals surface area contributed by atoms with Gasteiger partial charge in [0.05, 0.1) is 0 Å². The van der Waals surface area contributed by atoms with Crippen LogP contribution in [0.2, 0.25) is 0 Å². The van der Waals surface area contributed by atoms with Crippen LogP contribution in [0.5, 0.6) is 0 Å². The van der Waals surface area contributed by atoms with E-state index >= 15 is 0 Å². The highest BCUT2D eigenvalue weighted by molar-refractivity contribution is 7.86. The van der Waals surface area contributed by atoms with Crippen LogP contribution >= 0.6 is 0 Å². The lowest BCUT2D eigenvalue weighted by atomic mass is 10.2. The summed E-state index contributed by atoms with van der Waals surface area (Å²) in [5, 5.41) is 5.02. The van der Waals surface area contributed by atoms with Crippen molar-refractivity contribution in [3.8, 4) is 0 Å². The van der Waals surface area contributed by atoms with Gasteiger partial charge in [0.1, 0.15) is 0 Å². The SMILES string of the molecule is CC(C)(C)[S@](=O)CCNC(=O)Nc1cccc(C(F)F)c1. The third-order valence-corrected chi connectivity index (χ3v) is 4.59. The molecule has 0 aliphatic heterocycles. The van der Waals surface area contributed by atoms with Gasteiger partial charge in [-0.2, -0.15) is 0 Å². The first-order chi connectivity index (χ1) is 9.70. The summed E-state index contributed by atoms with van der Waals surface area (Å²) in [5.74, 6) is 0.341. The van der Waals surface area contributed by atoms with Gasteiger partial charge in [0, 0.05) is 39.1 Å². The van der Waals surface area contributed by atoms with E-state index in [0.29, 0.717) is 11.4 Å². The van der Waals surface area contributed by atoms with E-state index in [1.54, 1.807) is 0 Å².